The molecule has 0 saturated heterocycles. The normalized spacial score (nSPS) is 10.4. The van der Waals surface area contributed by atoms with Gasteiger partial charge in [0.15, 0.2) is 0 Å². The Morgan fingerprint density at radius 1 is 1.30 bits per heavy atom. The van der Waals surface area contributed by atoms with Crippen molar-refractivity contribution in [1.29, 1.82) is 0 Å². The summed E-state index contributed by atoms with van der Waals surface area (Å²) < 4.78 is 0.722. The predicted molar refractivity (Wildman–Crippen MR) is 86.1 cm³/mol. The monoisotopic (exact) mass is 328 g/mol. The molecular weight excluding hydrogens is 315 g/mol. The van der Waals surface area contributed by atoms with Crippen molar-refractivity contribution in [2.24, 2.45) is 0 Å². The molecule has 0 aliphatic heterocycles. The number of hydrogen-bond donors (Lipinski definition) is 1. The van der Waals surface area contributed by atoms with Crippen LogP contribution in [0.3, 0.4) is 0 Å². The van der Waals surface area contributed by atoms with Gasteiger partial charge in [-0.15, -0.1) is 11.3 Å². The van der Waals surface area contributed by atoms with E-state index in [0.29, 0.717) is 17.1 Å². The van der Waals surface area contributed by atoms with Crippen LogP contribution < -0.4 is 5.32 Å². The average Bonchev–Trinajstić information content (AvgIpc) is 2.83. The lowest BCUT2D eigenvalue weighted by molar-refractivity contribution is 0.0787. The first-order valence-corrected chi connectivity index (χ1v) is 7.55. The molecule has 0 aliphatic rings. The Hall–Kier alpha value is -1.23. The van der Waals surface area contributed by atoms with E-state index in [1.807, 2.05) is 12.1 Å². The molecule has 106 valence electrons. The number of thiophene rings is 1. The van der Waals surface area contributed by atoms with Gasteiger partial charge in [-0.3, -0.25) is 4.79 Å². The summed E-state index contributed by atoms with van der Waals surface area (Å²) in [4.78, 5) is 15.2. The van der Waals surface area contributed by atoms with Crippen LogP contribution >= 0.6 is 34.5 Å². The molecule has 0 radical (unpaired) electrons. The molecule has 1 aromatic carbocycles. The summed E-state index contributed by atoms with van der Waals surface area (Å²) in [5, 5.41) is 3.54. The van der Waals surface area contributed by atoms with Crippen molar-refractivity contribution in [3.05, 3.63) is 50.1 Å². The SMILES string of the molecule is CNc1ccc(Cl)cc1C(=O)N(C)Cc1ccc(Cl)s1. The molecule has 2 rings (SSSR count). The van der Waals surface area contributed by atoms with Gasteiger partial charge in [-0.05, 0) is 30.3 Å². The van der Waals surface area contributed by atoms with Crippen LogP contribution in [0.25, 0.3) is 0 Å². The van der Waals surface area contributed by atoms with E-state index in [2.05, 4.69) is 5.32 Å². The fourth-order valence-corrected chi connectivity index (χ4v) is 3.17. The molecule has 0 spiro atoms. The van der Waals surface area contributed by atoms with Crippen LogP contribution in [0.2, 0.25) is 9.36 Å². The number of nitrogens with zero attached hydrogens (tertiary/aromatic N) is 1. The Morgan fingerprint density at radius 3 is 2.65 bits per heavy atom. The van der Waals surface area contributed by atoms with E-state index in [-0.39, 0.29) is 5.91 Å². The van der Waals surface area contributed by atoms with Crippen LogP contribution in [0.5, 0.6) is 0 Å². The van der Waals surface area contributed by atoms with Crippen molar-refractivity contribution in [1.82, 2.24) is 4.90 Å². The molecule has 1 aromatic heterocycles. The van der Waals surface area contributed by atoms with E-state index in [1.54, 1.807) is 37.2 Å². The first-order valence-electron chi connectivity index (χ1n) is 5.98. The summed E-state index contributed by atoms with van der Waals surface area (Å²) in [7, 11) is 3.54. The standard InChI is InChI=1S/C14H14Cl2N2OS/c1-17-12-5-3-9(15)7-11(12)14(19)18(2)8-10-4-6-13(16)20-10/h3-7,17H,8H2,1-2H3. The van der Waals surface area contributed by atoms with Gasteiger partial charge in [0.1, 0.15) is 0 Å². The van der Waals surface area contributed by atoms with Crippen LogP contribution in [0.15, 0.2) is 30.3 Å². The lowest BCUT2D eigenvalue weighted by Gasteiger charge is -2.18. The van der Waals surface area contributed by atoms with Crippen molar-refractivity contribution in [2.75, 3.05) is 19.4 Å². The predicted octanol–water partition coefficient (Wildman–Crippen LogP) is 4.37. The highest BCUT2D eigenvalue weighted by molar-refractivity contribution is 7.16. The highest BCUT2D eigenvalue weighted by atomic mass is 35.5. The third kappa shape index (κ3) is 3.45. The summed E-state index contributed by atoms with van der Waals surface area (Å²) in [6.45, 7) is 0.520. The van der Waals surface area contributed by atoms with Gasteiger partial charge >= 0.3 is 0 Å². The Morgan fingerprint density at radius 2 is 2.05 bits per heavy atom. The Labute approximate surface area is 132 Å². The molecule has 0 saturated carbocycles. The molecule has 0 bridgehead atoms. The fraction of sp³-hybridized carbons (Fsp3) is 0.214. The minimum atomic E-state index is -0.0821. The molecule has 1 N–H and O–H groups in total. The van der Waals surface area contributed by atoms with Gasteiger partial charge in [0.05, 0.1) is 16.4 Å². The molecule has 20 heavy (non-hydrogen) atoms. The van der Waals surface area contributed by atoms with Gasteiger partial charge in [0.25, 0.3) is 5.91 Å². The van der Waals surface area contributed by atoms with Crippen molar-refractivity contribution < 1.29 is 4.79 Å². The van der Waals surface area contributed by atoms with Crippen LogP contribution in [0, 0.1) is 0 Å². The smallest absolute Gasteiger partial charge is 0.256 e. The highest BCUT2D eigenvalue weighted by Gasteiger charge is 2.16. The maximum Gasteiger partial charge on any atom is 0.256 e. The number of amides is 1. The Bertz CT molecular complexity index is 627. The number of carbonyl (C=O) groups excluding carboxylic acids is 1. The quantitative estimate of drug-likeness (QED) is 0.903. The summed E-state index contributed by atoms with van der Waals surface area (Å²) in [5.74, 6) is -0.0821. The summed E-state index contributed by atoms with van der Waals surface area (Å²) in [5.41, 5.74) is 1.32. The number of carbonyl (C=O) groups is 1. The molecular formula is C14H14Cl2N2OS. The second-order valence-electron chi connectivity index (χ2n) is 4.31. The Kier molecular flexibility index (Phi) is 4.91. The topological polar surface area (TPSA) is 32.3 Å². The van der Waals surface area contributed by atoms with Gasteiger partial charge in [0, 0.05) is 29.7 Å². The number of rotatable bonds is 4. The zero-order valence-electron chi connectivity index (χ0n) is 11.1. The second kappa shape index (κ2) is 6.48. The maximum absolute atomic E-state index is 12.5. The van der Waals surface area contributed by atoms with Crippen LogP contribution in [0.1, 0.15) is 15.2 Å². The lowest BCUT2D eigenvalue weighted by atomic mass is 10.1. The van der Waals surface area contributed by atoms with Crippen LogP contribution in [-0.2, 0) is 6.54 Å². The molecule has 0 unspecified atom stereocenters. The van der Waals surface area contributed by atoms with E-state index in [0.717, 1.165) is 14.9 Å². The number of halogens is 2. The van der Waals surface area contributed by atoms with Crippen LogP contribution in [-0.4, -0.2) is 24.9 Å². The largest absolute Gasteiger partial charge is 0.387 e. The summed E-state index contributed by atoms with van der Waals surface area (Å²) in [6.07, 6.45) is 0. The lowest BCUT2D eigenvalue weighted by Crippen LogP contribution is -2.26. The molecule has 6 heteroatoms. The second-order valence-corrected chi connectivity index (χ2v) is 6.54. The molecule has 2 aromatic rings. The van der Waals surface area contributed by atoms with Crippen molar-refractivity contribution in [3.63, 3.8) is 0 Å². The molecule has 3 nitrogen and oxygen atoms in total. The van der Waals surface area contributed by atoms with E-state index in [1.165, 1.54) is 11.3 Å². The molecule has 1 amide bonds. The molecule has 0 aliphatic carbocycles. The molecule has 0 atom stereocenters. The van der Waals surface area contributed by atoms with Gasteiger partial charge in [0.2, 0.25) is 0 Å². The first kappa shape index (κ1) is 15.2. The van der Waals surface area contributed by atoms with Gasteiger partial charge in [-0.1, -0.05) is 23.2 Å². The minimum Gasteiger partial charge on any atom is -0.387 e. The molecule has 0 fully saturated rings. The van der Waals surface area contributed by atoms with Gasteiger partial charge < -0.3 is 10.2 Å². The van der Waals surface area contributed by atoms with E-state index >= 15 is 0 Å². The van der Waals surface area contributed by atoms with Crippen molar-refractivity contribution in [2.45, 2.75) is 6.54 Å². The first-order chi connectivity index (χ1) is 9.51. The third-order valence-corrected chi connectivity index (χ3v) is 4.30. The van der Waals surface area contributed by atoms with E-state index in [9.17, 15) is 4.79 Å². The van der Waals surface area contributed by atoms with Crippen molar-refractivity contribution >= 4 is 46.1 Å². The zero-order valence-corrected chi connectivity index (χ0v) is 13.4. The minimum absolute atomic E-state index is 0.0821. The van der Waals surface area contributed by atoms with Crippen LogP contribution in [0.4, 0.5) is 5.69 Å². The number of benzene rings is 1. The summed E-state index contributed by atoms with van der Waals surface area (Å²) >= 11 is 13.3. The van der Waals surface area contributed by atoms with E-state index in [4.69, 9.17) is 23.2 Å². The highest BCUT2D eigenvalue weighted by Crippen LogP contribution is 2.25. The average molecular weight is 329 g/mol. The van der Waals surface area contributed by atoms with Gasteiger partial charge in [-0.25, -0.2) is 0 Å². The van der Waals surface area contributed by atoms with Crippen molar-refractivity contribution in [3.8, 4) is 0 Å². The third-order valence-electron chi connectivity index (χ3n) is 2.85. The molecule has 1 heterocycles. The summed E-state index contributed by atoms with van der Waals surface area (Å²) in [6, 6.07) is 8.98. The van der Waals surface area contributed by atoms with E-state index < -0.39 is 0 Å². The Balaban J connectivity index is 2.20. The zero-order chi connectivity index (χ0) is 14.7. The number of nitrogens with one attached hydrogen (secondary N) is 1. The number of anilines is 1. The maximum atomic E-state index is 12.5. The number of hydrogen-bond acceptors (Lipinski definition) is 3. The van der Waals surface area contributed by atoms with Gasteiger partial charge in [-0.2, -0.15) is 0 Å². The fourth-order valence-electron chi connectivity index (χ4n) is 1.86.